The molecule has 1 saturated heterocycles. The number of esters is 1. The van der Waals surface area contributed by atoms with Crippen LogP contribution in [0.5, 0.6) is 0 Å². The molecule has 0 radical (unpaired) electrons. The summed E-state index contributed by atoms with van der Waals surface area (Å²) in [7, 11) is 0. The summed E-state index contributed by atoms with van der Waals surface area (Å²) in [4.78, 5) is 36.5. The van der Waals surface area contributed by atoms with Crippen molar-refractivity contribution in [1.82, 2.24) is 19.5 Å². The summed E-state index contributed by atoms with van der Waals surface area (Å²) in [5.41, 5.74) is 1.63. The summed E-state index contributed by atoms with van der Waals surface area (Å²) in [5, 5.41) is 2.80. The summed E-state index contributed by atoms with van der Waals surface area (Å²) >= 11 is 0. The van der Waals surface area contributed by atoms with Crippen LogP contribution in [0, 0.1) is 11.8 Å². The number of hydrogen-bond acceptors (Lipinski definition) is 7. The summed E-state index contributed by atoms with van der Waals surface area (Å²) in [6, 6.07) is 8.91. The monoisotopic (exact) mass is 393 g/mol. The fraction of sp³-hybridized carbons (Fsp3) is 0.350. The number of carbonyl (C=O) groups excluding carboxylic acids is 2. The van der Waals surface area contributed by atoms with E-state index in [9.17, 15) is 9.59 Å². The van der Waals surface area contributed by atoms with Crippen LogP contribution in [0.4, 0.5) is 5.82 Å². The molecule has 5 rings (SSSR count). The molecule has 2 aromatic heterocycles. The molecule has 1 N–H and O–H groups in total. The average Bonchev–Trinajstić information content (AvgIpc) is 3.26. The molecule has 148 valence electrons. The molecule has 1 saturated carbocycles. The molecule has 0 bridgehead atoms. The van der Waals surface area contributed by atoms with E-state index in [1.54, 1.807) is 30.6 Å². The van der Waals surface area contributed by atoms with Crippen LogP contribution in [-0.2, 0) is 14.3 Å². The van der Waals surface area contributed by atoms with Gasteiger partial charge in [-0.25, -0.2) is 15.0 Å². The number of nitrogens with one attached hydrogen (secondary N) is 1. The molecule has 1 unspecified atom stereocenters. The van der Waals surface area contributed by atoms with Crippen molar-refractivity contribution in [3.05, 3.63) is 48.5 Å². The van der Waals surface area contributed by atoms with E-state index in [1.807, 2.05) is 10.6 Å². The van der Waals surface area contributed by atoms with E-state index in [1.165, 1.54) is 13.3 Å². The van der Waals surface area contributed by atoms with Crippen molar-refractivity contribution in [2.75, 3.05) is 11.9 Å². The number of amides is 1. The molecule has 29 heavy (non-hydrogen) atoms. The molecule has 3 heterocycles. The van der Waals surface area contributed by atoms with Crippen LogP contribution < -0.4 is 5.32 Å². The van der Waals surface area contributed by atoms with Gasteiger partial charge in [-0.15, -0.1) is 0 Å². The third kappa shape index (κ3) is 3.23. The number of imidazole rings is 1. The molecule has 9 nitrogen and oxygen atoms in total. The van der Waals surface area contributed by atoms with Gasteiger partial charge in [0, 0.05) is 18.4 Å². The second-order valence-electron chi connectivity index (χ2n) is 7.30. The smallest absolute Gasteiger partial charge is 0.302 e. The number of anilines is 1. The Hall–Kier alpha value is -3.33. The van der Waals surface area contributed by atoms with Crippen molar-refractivity contribution >= 4 is 28.9 Å². The second kappa shape index (κ2) is 6.93. The molecule has 0 spiro atoms. The number of carbonyl (C=O) groups is 2. The lowest BCUT2D eigenvalue weighted by atomic mass is 10.2. The van der Waals surface area contributed by atoms with Crippen molar-refractivity contribution in [3.8, 4) is 0 Å². The quantitative estimate of drug-likeness (QED) is 0.662. The third-order valence-corrected chi connectivity index (χ3v) is 5.40. The number of ether oxygens (including phenoxy) is 2. The Kier molecular flexibility index (Phi) is 4.24. The van der Waals surface area contributed by atoms with E-state index >= 15 is 0 Å². The van der Waals surface area contributed by atoms with Gasteiger partial charge in [0.25, 0.3) is 5.91 Å². The van der Waals surface area contributed by atoms with Gasteiger partial charge in [-0.05, 0) is 24.5 Å². The van der Waals surface area contributed by atoms with Gasteiger partial charge in [0.2, 0.25) is 0 Å². The highest BCUT2D eigenvalue weighted by atomic mass is 16.6. The highest BCUT2D eigenvalue weighted by Gasteiger charge is 2.57. The van der Waals surface area contributed by atoms with Crippen LogP contribution in [0.1, 0.15) is 29.9 Å². The molecule has 1 aliphatic heterocycles. The van der Waals surface area contributed by atoms with Crippen LogP contribution in [-0.4, -0.2) is 44.1 Å². The van der Waals surface area contributed by atoms with E-state index in [-0.39, 0.29) is 30.8 Å². The molecule has 2 fully saturated rings. The molecule has 1 aromatic carbocycles. The number of hydrogen-bond donors (Lipinski definition) is 1. The highest BCUT2D eigenvalue weighted by molar-refractivity contribution is 6.06. The van der Waals surface area contributed by atoms with E-state index in [0.717, 1.165) is 6.42 Å². The topological polar surface area (TPSA) is 108 Å². The lowest BCUT2D eigenvalue weighted by Crippen LogP contribution is -2.22. The molecule has 1 aliphatic carbocycles. The fourth-order valence-corrected chi connectivity index (χ4v) is 3.91. The van der Waals surface area contributed by atoms with Gasteiger partial charge in [-0.1, -0.05) is 18.2 Å². The Morgan fingerprint density at radius 1 is 1.21 bits per heavy atom. The van der Waals surface area contributed by atoms with Gasteiger partial charge < -0.3 is 14.8 Å². The Labute approximate surface area is 166 Å². The first-order valence-corrected chi connectivity index (χ1v) is 9.44. The number of aromatic nitrogens is 4. The minimum atomic E-state index is -0.311. The molecule has 4 atom stereocenters. The lowest BCUT2D eigenvalue weighted by Gasteiger charge is -2.19. The molecular formula is C20H19N5O4. The Bertz CT molecular complexity index is 1080. The molecule has 9 heteroatoms. The minimum absolute atomic E-state index is 0.120. The summed E-state index contributed by atoms with van der Waals surface area (Å²) < 4.78 is 13.1. The SMILES string of the molecule is CC(=O)OC[C@H]1O[C@@H](n2cnc3c(NC(=O)c4ccccc4)ncnc32)[C@@H]2CC21. The van der Waals surface area contributed by atoms with Crippen molar-refractivity contribution in [3.63, 3.8) is 0 Å². The van der Waals surface area contributed by atoms with Crippen LogP contribution in [0.15, 0.2) is 43.0 Å². The standard InChI is InChI=1S/C20H19N5O4/c1-11(26)28-8-15-13-7-14(13)20(29-15)25-10-23-16-17(21-9-22-18(16)25)24-19(27)12-5-3-2-4-6-12/h2-6,9-10,13-15,20H,7-8H2,1H3,(H,21,22,24,27)/t13?,14-,15-,20-/m1/s1. The maximum absolute atomic E-state index is 12.5. The number of fused-ring (bicyclic) bond motifs is 2. The predicted molar refractivity (Wildman–Crippen MR) is 102 cm³/mol. The first-order chi connectivity index (χ1) is 14.1. The predicted octanol–water partition coefficient (Wildman–Crippen LogP) is 2.18. The lowest BCUT2D eigenvalue weighted by molar-refractivity contribution is -0.147. The zero-order chi connectivity index (χ0) is 20.0. The Balaban J connectivity index is 1.38. The zero-order valence-corrected chi connectivity index (χ0v) is 15.7. The van der Waals surface area contributed by atoms with Crippen LogP contribution in [0.25, 0.3) is 11.2 Å². The normalized spacial score (nSPS) is 24.9. The van der Waals surface area contributed by atoms with E-state index in [2.05, 4.69) is 20.3 Å². The van der Waals surface area contributed by atoms with Crippen molar-refractivity contribution in [2.24, 2.45) is 11.8 Å². The molecular weight excluding hydrogens is 374 g/mol. The van der Waals surface area contributed by atoms with Crippen LogP contribution in [0.3, 0.4) is 0 Å². The maximum atomic E-state index is 12.5. The van der Waals surface area contributed by atoms with Crippen molar-refractivity contribution < 1.29 is 19.1 Å². The van der Waals surface area contributed by atoms with Crippen LogP contribution >= 0.6 is 0 Å². The first-order valence-electron chi connectivity index (χ1n) is 9.44. The van der Waals surface area contributed by atoms with Gasteiger partial charge in [0.05, 0.1) is 12.4 Å². The van der Waals surface area contributed by atoms with E-state index in [0.29, 0.717) is 34.4 Å². The minimum Gasteiger partial charge on any atom is -0.463 e. The Morgan fingerprint density at radius 3 is 2.83 bits per heavy atom. The van der Waals surface area contributed by atoms with E-state index in [4.69, 9.17) is 9.47 Å². The highest BCUT2D eigenvalue weighted by Crippen LogP contribution is 2.57. The van der Waals surface area contributed by atoms with Gasteiger partial charge in [-0.2, -0.15) is 0 Å². The zero-order valence-electron chi connectivity index (χ0n) is 15.7. The van der Waals surface area contributed by atoms with Crippen molar-refractivity contribution in [2.45, 2.75) is 25.7 Å². The maximum Gasteiger partial charge on any atom is 0.302 e. The summed E-state index contributed by atoms with van der Waals surface area (Å²) in [6.07, 6.45) is 3.73. The second-order valence-corrected chi connectivity index (χ2v) is 7.30. The van der Waals surface area contributed by atoms with Gasteiger partial charge in [0.1, 0.15) is 19.2 Å². The molecule has 3 aromatic rings. The average molecular weight is 393 g/mol. The number of benzene rings is 1. The Morgan fingerprint density at radius 2 is 2.03 bits per heavy atom. The van der Waals surface area contributed by atoms with Gasteiger partial charge in [-0.3, -0.25) is 14.2 Å². The van der Waals surface area contributed by atoms with Crippen molar-refractivity contribution in [1.29, 1.82) is 0 Å². The third-order valence-electron chi connectivity index (χ3n) is 5.40. The van der Waals surface area contributed by atoms with E-state index < -0.39 is 0 Å². The largest absolute Gasteiger partial charge is 0.463 e. The molecule has 2 aliphatic rings. The number of nitrogens with zero attached hydrogens (tertiary/aromatic N) is 4. The van der Waals surface area contributed by atoms with Gasteiger partial charge >= 0.3 is 5.97 Å². The number of rotatable bonds is 5. The fourth-order valence-electron chi connectivity index (χ4n) is 3.91. The van der Waals surface area contributed by atoms with Gasteiger partial charge in [0.15, 0.2) is 17.0 Å². The van der Waals surface area contributed by atoms with Crippen LogP contribution in [0.2, 0.25) is 0 Å². The first kappa shape index (κ1) is 17.7. The molecule has 1 amide bonds. The summed E-state index contributed by atoms with van der Waals surface area (Å²) in [5.74, 6) is 0.487. The summed E-state index contributed by atoms with van der Waals surface area (Å²) in [6.45, 7) is 1.65.